The molecule has 0 aromatic carbocycles. The summed E-state index contributed by atoms with van der Waals surface area (Å²) in [6.07, 6.45) is 19.0. The number of carbonyl (C=O) groups excluding carboxylic acids is 2. The van der Waals surface area contributed by atoms with Crippen LogP contribution < -0.4 is 0 Å². The maximum atomic E-state index is 13.1. The van der Waals surface area contributed by atoms with Crippen LogP contribution in [0.3, 0.4) is 0 Å². The van der Waals surface area contributed by atoms with Crippen molar-refractivity contribution in [3.63, 3.8) is 0 Å². The van der Waals surface area contributed by atoms with Crippen molar-refractivity contribution in [2.24, 2.45) is 11.3 Å². The number of piperidine rings is 1. The number of rotatable bonds is 4. The van der Waals surface area contributed by atoms with Gasteiger partial charge in [-0.15, -0.1) is 6.42 Å². The fourth-order valence-corrected chi connectivity index (χ4v) is 5.28. The Bertz CT molecular complexity index is 1290. The number of fused-ring (bicyclic) bond motifs is 2. The van der Waals surface area contributed by atoms with E-state index in [1.807, 2.05) is 44.4 Å². The Hall–Kier alpha value is -3.53. The van der Waals surface area contributed by atoms with Gasteiger partial charge in [-0.25, -0.2) is 9.78 Å². The molecule has 3 atom stereocenters. The normalized spacial score (nSPS) is 21.8. The quantitative estimate of drug-likeness (QED) is 0.365. The number of imidazole rings is 1. The topological polar surface area (TPSA) is 67.2 Å². The van der Waals surface area contributed by atoms with Crippen LogP contribution in [0.2, 0.25) is 0 Å². The molecule has 2 aliphatic carbocycles. The highest BCUT2D eigenvalue weighted by Crippen LogP contribution is 2.56. The molecular formula is C34H52N4O3. The molecule has 1 saturated carbocycles. The van der Waals surface area contributed by atoms with Gasteiger partial charge in [0.15, 0.2) is 0 Å². The molecule has 3 unspecified atom stereocenters. The third-order valence-corrected chi connectivity index (χ3v) is 7.86. The number of carbonyl (C=O) groups is 2. The molecule has 0 N–H and O–H groups in total. The van der Waals surface area contributed by atoms with E-state index in [-0.39, 0.29) is 19.5 Å². The highest BCUT2D eigenvalue weighted by molar-refractivity contribution is 5.93. The number of amides is 2. The molecule has 0 spiro atoms. The number of terminal acetylenes is 1. The number of likely N-dealkylation sites (N-methyl/N-ethyl adjacent to an activating group) is 1. The van der Waals surface area contributed by atoms with Gasteiger partial charge in [-0.3, -0.25) is 9.20 Å². The van der Waals surface area contributed by atoms with Gasteiger partial charge in [-0.2, -0.15) is 0 Å². The van der Waals surface area contributed by atoms with Gasteiger partial charge in [-0.1, -0.05) is 65.7 Å². The van der Waals surface area contributed by atoms with E-state index in [2.05, 4.69) is 49.9 Å². The minimum atomic E-state index is -0.305. The molecule has 7 heteroatoms. The number of pyridine rings is 1. The second-order valence-electron chi connectivity index (χ2n) is 10.5. The van der Waals surface area contributed by atoms with Crippen LogP contribution in [0.1, 0.15) is 90.8 Å². The minimum Gasteiger partial charge on any atom is -0.450 e. The molecule has 41 heavy (non-hydrogen) atoms. The van der Waals surface area contributed by atoms with E-state index in [1.165, 1.54) is 12.0 Å². The van der Waals surface area contributed by atoms with E-state index >= 15 is 0 Å². The summed E-state index contributed by atoms with van der Waals surface area (Å²) >= 11 is 0. The largest absolute Gasteiger partial charge is 0.450 e. The Labute approximate surface area is 249 Å². The SMILES string of the molecule is C#CC1=CC2(C)CC2C=C1.CC.CC.CCOC(=O)N1CCCC(N(C)C(=O)c2cnc3cc(CC)c(C)cn23)C1.[HH]. The molecule has 3 aliphatic rings. The summed E-state index contributed by atoms with van der Waals surface area (Å²) < 4.78 is 6.96. The van der Waals surface area contributed by atoms with Crippen LogP contribution in [0.25, 0.3) is 5.65 Å². The first-order chi connectivity index (χ1) is 19.7. The predicted molar refractivity (Wildman–Crippen MR) is 170 cm³/mol. The lowest BCUT2D eigenvalue weighted by Gasteiger charge is -2.36. The molecule has 5 rings (SSSR count). The van der Waals surface area contributed by atoms with Crippen LogP contribution in [0.5, 0.6) is 0 Å². The number of aromatic nitrogens is 2. The highest BCUT2D eigenvalue weighted by atomic mass is 16.6. The van der Waals surface area contributed by atoms with Crippen LogP contribution >= 0.6 is 0 Å². The van der Waals surface area contributed by atoms with Gasteiger partial charge in [0.2, 0.25) is 0 Å². The average molecular weight is 565 g/mol. The van der Waals surface area contributed by atoms with Crippen LogP contribution in [0.15, 0.2) is 42.3 Å². The Morgan fingerprint density at radius 2 is 1.98 bits per heavy atom. The Balaban J connectivity index is 0.000000489. The third-order valence-electron chi connectivity index (χ3n) is 7.86. The molecule has 3 heterocycles. The summed E-state index contributed by atoms with van der Waals surface area (Å²) in [6.45, 7) is 17.7. The molecule has 0 radical (unpaired) electrons. The van der Waals surface area contributed by atoms with Crippen molar-refractivity contribution in [1.82, 2.24) is 19.2 Å². The fraction of sp³-hybridized carbons (Fsp3) is 0.559. The zero-order valence-corrected chi connectivity index (χ0v) is 26.7. The number of allylic oxidation sites excluding steroid dienone is 4. The van der Waals surface area contributed by atoms with Gasteiger partial charge in [0.1, 0.15) is 11.3 Å². The lowest BCUT2D eigenvalue weighted by atomic mass is 9.98. The number of hydrogen-bond acceptors (Lipinski definition) is 4. The zero-order valence-electron chi connectivity index (χ0n) is 26.7. The van der Waals surface area contributed by atoms with Crippen molar-refractivity contribution < 1.29 is 15.8 Å². The lowest BCUT2D eigenvalue weighted by molar-refractivity contribution is 0.0548. The summed E-state index contributed by atoms with van der Waals surface area (Å²) in [5.41, 5.74) is 5.19. The summed E-state index contributed by atoms with van der Waals surface area (Å²) in [4.78, 5) is 33.0. The first-order valence-electron chi connectivity index (χ1n) is 15.2. The van der Waals surface area contributed by atoms with E-state index in [0.717, 1.165) is 42.0 Å². The van der Waals surface area contributed by atoms with E-state index in [9.17, 15) is 9.59 Å². The Morgan fingerprint density at radius 3 is 2.59 bits per heavy atom. The fourth-order valence-electron chi connectivity index (χ4n) is 5.28. The maximum Gasteiger partial charge on any atom is 0.409 e. The minimum absolute atomic E-state index is 0. The third kappa shape index (κ3) is 8.03. The van der Waals surface area contributed by atoms with Crippen molar-refractivity contribution in [2.75, 3.05) is 26.7 Å². The van der Waals surface area contributed by atoms with E-state index < -0.39 is 0 Å². The standard InChI is InChI=1S/C20H28N4O3.C10H10.2C2H6.H2/c1-5-15-10-18-21-11-17(24(18)12-14(15)3)19(25)22(4)16-8-7-9-23(13-16)20(26)27-6-2;1-3-8-4-5-9-7-10(9,2)6-8;2*1-2;/h10-12,16H,5-9,13H2,1-4H3;1,4-6,9H,7H2,2H3;2*1-2H3;1H. The van der Waals surface area contributed by atoms with Gasteiger partial charge in [0.25, 0.3) is 5.91 Å². The maximum absolute atomic E-state index is 13.1. The van der Waals surface area contributed by atoms with Crippen molar-refractivity contribution in [3.8, 4) is 12.3 Å². The van der Waals surface area contributed by atoms with Crippen LogP contribution in [0.4, 0.5) is 4.79 Å². The van der Waals surface area contributed by atoms with Crippen molar-refractivity contribution >= 4 is 17.6 Å². The van der Waals surface area contributed by atoms with E-state index in [1.54, 1.807) is 30.0 Å². The second kappa shape index (κ2) is 15.5. The second-order valence-corrected chi connectivity index (χ2v) is 10.5. The Kier molecular flexibility index (Phi) is 12.7. The van der Waals surface area contributed by atoms with Crippen molar-refractivity contribution in [2.45, 2.75) is 87.1 Å². The molecule has 1 aliphatic heterocycles. The molecule has 2 aromatic rings. The van der Waals surface area contributed by atoms with Crippen LogP contribution in [0, 0.1) is 30.6 Å². The monoisotopic (exact) mass is 564 g/mol. The Morgan fingerprint density at radius 1 is 1.27 bits per heavy atom. The molecule has 1 saturated heterocycles. The molecule has 7 nitrogen and oxygen atoms in total. The van der Waals surface area contributed by atoms with Crippen LogP contribution in [-0.2, 0) is 11.2 Å². The molecule has 226 valence electrons. The zero-order chi connectivity index (χ0) is 30.7. The summed E-state index contributed by atoms with van der Waals surface area (Å²) in [6, 6.07) is 2.01. The predicted octanol–water partition coefficient (Wildman–Crippen LogP) is 7.34. The first kappa shape index (κ1) is 33.7. The average Bonchev–Trinajstić information content (AvgIpc) is 3.53. The van der Waals surface area contributed by atoms with Gasteiger partial charge in [-0.05, 0) is 68.1 Å². The molecule has 0 bridgehead atoms. The van der Waals surface area contributed by atoms with Crippen molar-refractivity contribution in [3.05, 3.63) is 59.1 Å². The van der Waals surface area contributed by atoms with Gasteiger partial charge >= 0.3 is 6.09 Å². The lowest BCUT2D eigenvalue weighted by Crippen LogP contribution is -2.50. The number of nitrogens with zero attached hydrogens (tertiary/aromatic N) is 4. The first-order valence-corrected chi connectivity index (χ1v) is 15.2. The van der Waals surface area contributed by atoms with Crippen LogP contribution in [-0.4, -0.2) is 64.0 Å². The van der Waals surface area contributed by atoms with E-state index in [0.29, 0.717) is 30.8 Å². The molecule has 2 aromatic heterocycles. The smallest absolute Gasteiger partial charge is 0.409 e. The van der Waals surface area contributed by atoms with Crippen molar-refractivity contribution in [1.29, 1.82) is 0 Å². The number of hydrogen-bond donors (Lipinski definition) is 0. The van der Waals surface area contributed by atoms with Gasteiger partial charge in [0, 0.05) is 39.4 Å². The summed E-state index contributed by atoms with van der Waals surface area (Å²) in [5.74, 6) is 3.36. The number of aryl methyl sites for hydroxylation is 2. The number of likely N-dealkylation sites (tertiary alicyclic amines) is 1. The number of ether oxygens (including phenoxy) is 1. The van der Waals surface area contributed by atoms with E-state index in [4.69, 9.17) is 11.2 Å². The summed E-state index contributed by atoms with van der Waals surface area (Å²) in [7, 11) is 1.80. The van der Waals surface area contributed by atoms with Gasteiger partial charge in [0.05, 0.1) is 12.8 Å². The molecule has 2 fully saturated rings. The highest BCUT2D eigenvalue weighted by Gasteiger charge is 2.47. The molecule has 2 amide bonds. The summed E-state index contributed by atoms with van der Waals surface area (Å²) in [5, 5.41) is 0. The molecular weight excluding hydrogens is 512 g/mol. The van der Waals surface area contributed by atoms with Gasteiger partial charge < -0.3 is 14.5 Å².